The van der Waals surface area contributed by atoms with Gasteiger partial charge in [0.1, 0.15) is 0 Å². The number of aromatic nitrogens is 1. The van der Waals surface area contributed by atoms with Crippen molar-refractivity contribution in [1.82, 2.24) is 9.47 Å². The fourth-order valence-corrected chi connectivity index (χ4v) is 4.72. The van der Waals surface area contributed by atoms with Crippen molar-refractivity contribution in [2.24, 2.45) is 5.41 Å². The monoisotopic (exact) mass is 344 g/mol. The molecule has 0 radical (unpaired) electrons. The van der Waals surface area contributed by atoms with Crippen LogP contribution in [0.25, 0.3) is 0 Å². The SMILES string of the molecule is Cc1cc(C(=O)CN2C(=O)CC3(CCCCC3)C2=O)c(C)n1C(C)C. The highest BCUT2D eigenvalue weighted by Gasteiger charge is 2.51. The molecule has 0 unspecified atom stereocenters. The number of ketones is 1. The summed E-state index contributed by atoms with van der Waals surface area (Å²) in [5, 5.41) is 0. The van der Waals surface area contributed by atoms with Gasteiger partial charge >= 0.3 is 0 Å². The van der Waals surface area contributed by atoms with Gasteiger partial charge in [0.05, 0.1) is 12.0 Å². The molecule has 2 aliphatic rings. The fraction of sp³-hybridized carbons (Fsp3) is 0.650. The molecule has 5 nitrogen and oxygen atoms in total. The predicted octanol–water partition coefficient (Wildman–Crippen LogP) is 3.58. The van der Waals surface area contributed by atoms with Crippen LogP contribution in [0, 0.1) is 19.3 Å². The van der Waals surface area contributed by atoms with Crippen LogP contribution >= 0.6 is 0 Å². The Morgan fingerprint density at radius 1 is 1.16 bits per heavy atom. The topological polar surface area (TPSA) is 59.4 Å². The van der Waals surface area contributed by atoms with E-state index in [2.05, 4.69) is 18.4 Å². The molecule has 0 bridgehead atoms. The van der Waals surface area contributed by atoms with Crippen LogP contribution in [0.2, 0.25) is 0 Å². The van der Waals surface area contributed by atoms with Crippen molar-refractivity contribution in [3.8, 4) is 0 Å². The van der Waals surface area contributed by atoms with Gasteiger partial charge in [-0.1, -0.05) is 19.3 Å². The lowest BCUT2D eigenvalue weighted by Crippen LogP contribution is -2.39. The van der Waals surface area contributed by atoms with Crippen molar-refractivity contribution in [1.29, 1.82) is 0 Å². The number of nitrogens with zero attached hydrogens (tertiary/aromatic N) is 2. The molecule has 2 fully saturated rings. The number of carbonyl (C=O) groups excluding carboxylic acids is 3. The first-order valence-electron chi connectivity index (χ1n) is 9.33. The molecule has 1 aliphatic heterocycles. The maximum absolute atomic E-state index is 12.9. The van der Waals surface area contributed by atoms with Crippen molar-refractivity contribution in [2.75, 3.05) is 6.54 Å². The number of amides is 2. The third-order valence-corrected chi connectivity index (χ3v) is 5.90. The zero-order valence-corrected chi connectivity index (χ0v) is 15.7. The summed E-state index contributed by atoms with van der Waals surface area (Å²) in [6.07, 6.45) is 4.97. The summed E-state index contributed by atoms with van der Waals surface area (Å²) in [6.45, 7) is 7.94. The molecule has 5 heteroatoms. The van der Waals surface area contributed by atoms with Crippen LogP contribution < -0.4 is 0 Å². The standard InChI is InChI=1S/C20H28N2O3/c1-13(2)22-14(3)10-16(15(22)4)17(23)12-21-18(24)11-20(19(21)25)8-6-5-7-9-20/h10,13H,5-9,11-12H2,1-4H3. The van der Waals surface area contributed by atoms with E-state index in [1.54, 1.807) is 0 Å². The molecule has 2 amide bonds. The normalized spacial score (nSPS) is 20.1. The maximum Gasteiger partial charge on any atom is 0.236 e. The lowest BCUT2D eigenvalue weighted by Gasteiger charge is -2.30. The largest absolute Gasteiger partial charge is 0.346 e. The molecule has 2 heterocycles. The second kappa shape index (κ2) is 6.43. The summed E-state index contributed by atoms with van der Waals surface area (Å²) >= 11 is 0. The number of Topliss-reactive ketones (excluding diaryl/α,β-unsaturated/α-hetero) is 1. The molecule has 1 aromatic heterocycles. The van der Waals surface area contributed by atoms with Gasteiger partial charge in [-0.3, -0.25) is 19.3 Å². The summed E-state index contributed by atoms with van der Waals surface area (Å²) in [4.78, 5) is 39.3. The molecule has 3 rings (SSSR count). The number of likely N-dealkylation sites (tertiary alicyclic amines) is 1. The van der Waals surface area contributed by atoms with Crippen LogP contribution in [0.4, 0.5) is 0 Å². The summed E-state index contributed by atoms with van der Waals surface area (Å²) in [5.74, 6) is -0.448. The minimum Gasteiger partial charge on any atom is -0.346 e. The third kappa shape index (κ3) is 2.94. The Morgan fingerprint density at radius 2 is 1.80 bits per heavy atom. The molecule has 1 aromatic rings. The number of hydrogen-bond donors (Lipinski definition) is 0. The van der Waals surface area contributed by atoms with E-state index >= 15 is 0 Å². The van der Waals surface area contributed by atoms with Crippen molar-refractivity contribution >= 4 is 17.6 Å². The minimum atomic E-state index is -0.523. The van der Waals surface area contributed by atoms with Gasteiger partial charge in [0.15, 0.2) is 5.78 Å². The molecular weight excluding hydrogens is 316 g/mol. The molecule has 0 N–H and O–H groups in total. The highest BCUT2D eigenvalue weighted by atomic mass is 16.2. The molecular formula is C20H28N2O3. The summed E-state index contributed by atoms with van der Waals surface area (Å²) < 4.78 is 2.11. The van der Waals surface area contributed by atoms with Crippen LogP contribution in [0.3, 0.4) is 0 Å². The van der Waals surface area contributed by atoms with E-state index in [-0.39, 0.29) is 36.6 Å². The highest BCUT2D eigenvalue weighted by molar-refractivity contribution is 6.10. The molecule has 1 spiro atoms. The maximum atomic E-state index is 12.9. The predicted molar refractivity (Wildman–Crippen MR) is 95.5 cm³/mol. The van der Waals surface area contributed by atoms with Gasteiger partial charge in [-0.25, -0.2) is 0 Å². The van der Waals surface area contributed by atoms with Gasteiger partial charge < -0.3 is 4.57 Å². The Balaban J connectivity index is 1.81. The van der Waals surface area contributed by atoms with Crippen LogP contribution in [0.15, 0.2) is 6.07 Å². The molecule has 1 saturated heterocycles. The zero-order chi connectivity index (χ0) is 18.4. The van der Waals surface area contributed by atoms with E-state index in [1.165, 1.54) is 4.90 Å². The van der Waals surface area contributed by atoms with Crippen molar-refractivity contribution in [3.05, 3.63) is 23.0 Å². The Kier molecular flexibility index (Phi) is 4.60. The second-order valence-electron chi connectivity index (χ2n) is 7.97. The van der Waals surface area contributed by atoms with Crippen LogP contribution in [0.1, 0.15) is 80.2 Å². The summed E-state index contributed by atoms with van der Waals surface area (Å²) in [6, 6.07) is 2.14. The van der Waals surface area contributed by atoms with Gasteiger partial charge in [0, 0.05) is 29.4 Å². The van der Waals surface area contributed by atoms with E-state index in [0.717, 1.165) is 43.5 Å². The van der Waals surface area contributed by atoms with Gasteiger partial charge in [0.2, 0.25) is 11.8 Å². The minimum absolute atomic E-state index is 0.122. The first kappa shape index (κ1) is 17.9. The summed E-state index contributed by atoms with van der Waals surface area (Å²) in [7, 11) is 0. The quantitative estimate of drug-likeness (QED) is 0.619. The Labute approximate surface area is 149 Å². The molecule has 25 heavy (non-hydrogen) atoms. The molecule has 136 valence electrons. The molecule has 0 atom stereocenters. The van der Waals surface area contributed by atoms with E-state index in [0.29, 0.717) is 5.56 Å². The van der Waals surface area contributed by atoms with Gasteiger partial charge in [-0.15, -0.1) is 0 Å². The Hall–Kier alpha value is -1.91. The number of hydrogen-bond acceptors (Lipinski definition) is 3. The number of aryl methyl sites for hydroxylation is 1. The van der Waals surface area contributed by atoms with E-state index in [4.69, 9.17) is 0 Å². The second-order valence-corrected chi connectivity index (χ2v) is 7.97. The van der Waals surface area contributed by atoms with Crippen molar-refractivity contribution < 1.29 is 14.4 Å². The average molecular weight is 344 g/mol. The van der Waals surface area contributed by atoms with Gasteiger partial charge in [-0.2, -0.15) is 0 Å². The van der Waals surface area contributed by atoms with Crippen LogP contribution in [-0.2, 0) is 9.59 Å². The average Bonchev–Trinajstić information content (AvgIpc) is 2.97. The molecule has 1 aliphatic carbocycles. The fourth-order valence-electron chi connectivity index (χ4n) is 4.72. The van der Waals surface area contributed by atoms with Crippen LogP contribution in [0.5, 0.6) is 0 Å². The van der Waals surface area contributed by atoms with Gasteiger partial charge in [0.25, 0.3) is 0 Å². The van der Waals surface area contributed by atoms with Crippen molar-refractivity contribution in [3.63, 3.8) is 0 Å². The van der Waals surface area contributed by atoms with E-state index < -0.39 is 5.41 Å². The zero-order valence-electron chi connectivity index (χ0n) is 15.7. The van der Waals surface area contributed by atoms with E-state index in [1.807, 2.05) is 19.9 Å². The third-order valence-electron chi connectivity index (χ3n) is 5.90. The lowest BCUT2D eigenvalue weighted by molar-refractivity contribution is -0.141. The first-order chi connectivity index (χ1) is 11.8. The van der Waals surface area contributed by atoms with Crippen molar-refractivity contribution in [2.45, 2.75) is 72.3 Å². The Bertz CT molecular complexity index is 724. The highest BCUT2D eigenvalue weighted by Crippen LogP contribution is 2.45. The van der Waals surface area contributed by atoms with Gasteiger partial charge in [-0.05, 0) is 46.6 Å². The Morgan fingerprint density at radius 3 is 2.36 bits per heavy atom. The van der Waals surface area contributed by atoms with E-state index in [9.17, 15) is 14.4 Å². The molecule has 1 saturated carbocycles. The van der Waals surface area contributed by atoms with Crippen LogP contribution in [-0.4, -0.2) is 33.6 Å². The number of imide groups is 1. The summed E-state index contributed by atoms with van der Waals surface area (Å²) in [5.41, 5.74) is 2.03. The first-order valence-corrected chi connectivity index (χ1v) is 9.33. The smallest absolute Gasteiger partial charge is 0.236 e. The molecule has 0 aromatic carbocycles. The lowest BCUT2D eigenvalue weighted by atomic mass is 9.73. The number of rotatable bonds is 4. The number of carbonyl (C=O) groups is 3.